The molecule has 0 spiro atoms. The molecule has 0 bridgehead atoms. The van der Waals surface area contributed by atoms with Crippen LogP contribution in [0.2, 0.25) is 0 Å². The minimum atomic E-state index is 0.163. The molecule has 110 valence electrons. The fourth-order valence-corrected chi connectivity index (χ4v) is 4.15. The molecule has 1 heterocycles. The summed E-state index contributed by atoms with van der Waals surface area (Å²) < 4.78 is 2.35. The Morgan fingerprint density at radius 2 is 2.05 bits per heavy atom. The van der Waals surface area contributed by atoms with Crippen molar-refractivity contribution in [2.45, 2.75) is 58.4 Å². The molecular formula is C16H23BrN2S. The van der Waals surface area contributed by atoms with Crippen LogP contribution in [0.5, 0.6) is 0 Å². The quantitative estimate of drug-likeness (QED) is 0.638. The van der Waals surface area contributed by atoms with E-state index in [1.807, 2.05) is 6.07 Å². The first-order chi connectivity index (χ1) is 9.56. The highest BCUT2D eigenvalue weighted by Crippen LogP contribution is 2.32. The van der Waals surface area contributed by atoms with E-state index in [1.165, 1.54) is 36.8 Å². The number of nitrogens with one attached hydrogen (secondary N) is 1. The van der Waals surface area contributed by atoms with E-state index in [1.54, 1.807) is 11.3 Å². The maximum Gasteiger partial charge on any atom is 0.184 e. The SMILES string of the molecule is CCCCC(C)(CCC)Nc1nc2ccc(Br)cc2s1. The van der Waals surface area contributed by atoms with E-state index in [2.05, 4.69) is 54.2 Å². The van der Waals surface area contributed by atoms with Crippen molar-refractivity contribution in [3.05, 3.63) is 22.7 Å². The summed E-state index contributed by atoms with van der Waals surface area (Å²) in [6.45, 7) is 6.83. The van der Waals surface area contributed by atoms with Crippen molar-refractivity contribution in [1.29, 1.82) is 0 Å². The number of benzene rings is 1. The predicted octanol–water partition coefficient (Wildman–Crippen LogP) is 6.22. The predicted molar refractivity (Wildman–Crippen MR) is 93.8 cm³/mol. The number of fused-ring (bicyclic) bond motifs is 1. The van der Waals surface area contributed by atoms with Crippen molar-refractivity contribution in [3.63, 3.8) is 0 Å². The zero-order valence-corrected chi connectivity index (χ0v) is 14.9. The van der Waals surface area contributed by atoms with Crippen LogP contribution in [0.25, 0.3) is 10.2 Å². The Morgan fingerprint density at radius 3 is 2.75 bits per heavy atom. The molecule has 0 amide bonds. The Morgan fingerprint density at radius 1 is 1.25 bits per heavy atom. The zero-order valence-electron chi connectivity index (χ0n) is 12.5. The summed E-state index contributed by atoms with van der Waals surface area (Å²) in [5, 5.41) is 4.74. The average molecular weight is 355 g/mol. The third-order valence-electron chi connectivity index (χ3n) is 3.64. The normalized spacial score (nSPS) is 14.4. The summed E-state index contributed by atoms with van der Waals surface area (Å²) in [4.78, 5) is 4.72. The smallest absolute Gasteiger partial charge is 0.184 e. The average Bonchev–Trinajstić information content (AvgIpc) is 2.77. The van der Waals surface area contributed by atoms with Crippen molar-refractivity contribution < 1.29 is 0 Å². The van der Waals surface area contributed by atoms with E-state index in [0.29, 0.717) is 0 Å². The highest BCUT2D eigenvalue weighted by molar-refractivity contribution is 9.10. The van der Waals surface area contributed by atoms with Crippen LogP contribution in [0.4, 0.5) is 5.13 Å². The van der Waals surface area contributed by atoms with Gasteiger partial charge in [-0.25, -0.2) is 4.98 Å². The monoisotopic (exact) mass is 354 g/mol. The summed E-state index contributed by atoms with van der Waals surface area (Å²) >= 11 is 5.27. The van der Waals surface area contributed by atoms with Crippen LogP contribution in [0.15, 0.2) is 22.7 Å². The molecule has 0 aliphatic carbocycles. The fourth-order valence-electron chi connectivity index (χ4n) is 2.58. The fraction of sp³-hybridized carbons (Fsp3) is 0.562. The first-order valence-electron chi connectivity index (χ1n) is 7.40. The number of rotatable bonds is 7. The number of thiazole rings is 1. The van der Waals surface area contributed by atoms with Gasteiger partial charge < -0.3 is 5.32 Å². The summed E-state index contributed by atoms with van der Waals surface area (Å²) in [7, 11) is 0. The lowest BCUT2D eigenvalue weighted by atomic mass is 9.90. The van der Waals surface area contributed by atoms with Gasteiger partial charge in [0, 0.05) is 10.0 Å². The summed E-state index contributed by atoms with van der Waals surface area (Å²) in [6.07, 6.45) is 6.10. The van der Waals surface area contributed by atoms with E-state index in [0.717, 1.165) is 15.1 Å². The molecule has 4 heteroatoms. The molecule has 1 unspecified atom stereocenters. The van der Waals surface area contributed by atoms with Crippen LogP contribution in [-0.4, -0.2) is 10.5 Å². The van der Waals surface area contributed by atoms with Gasteiger partial charge in [0.2, 0.25) is 0 Å². The van der Waals surface area contributed by atoms with Crippen LogP contribution < -0.4 is 5.32 Å². The first-order valence-corrected chi connectivity index (χ1v) is 9.01. The van der Waals surface area contributed by atoms with Gasteiger partial charge in [-0.05, 0) is 38.0 Å². The van der Waals surface area contributed by atoms with Crippen LogP contribution >= 0.6 is 27.3 Å². The molecule has 1 N–H and O–H groups in total. The van der Waals surface area contributed by atoms with Gasteiger partial charge in [0.05, 0.1) is 10.2 Å². The minimum absolute atomic E-state index is 0.163. The maximum absolute atomic E-state index is 4.72. The van der Waals surface area contributed by atoms with Crippen molar-refractivity contribution in [2.75, 3.05) is 5.32 Å². The third kappa shape index (κ3) is 3.95. The van der Waals surface area contributed by atoms with Gasteiger partial charge in [0.25, 0.3) is 0 Å². The third-order valence-corrected chi connectivity index (χ3v) is 5.07. The van der Waals surface area contributed by atoms with Crippen molar-refractivity contribution in [1.82, 2.24) is 4.98 Å². The van der Waals surface area contributed by atoms with E-state index in [-0.39, 0.29) is 5.54 Å². The van der Waals surface area contributed by atoms with Gasteiger partial charge in [0.1, 0.15) is 0 Å². The van der Waals surface area contributed by atoms with E-state index < -0.39 is 0 Å². The number of halogens is 1. The van der Waals surface area contributed by atoms with Gasteiger partial charge in [-0.2, -0.15) is 0 Å². The number of hydrogen-bond acceptors (Lipinski definition) is 3. The lowest BCUT2D eigenvalue weighted by molar-refractivity contribution is 0.417. The number of nitrogens with zero attached hydrogens (tertiary/aromatic N) is 1. The summed E-state index contributed by atoms with van der Waals surface area (Å²) in [5.74, 6) is 0. The molecule has 0 fully saturated rings. The Hall–Kier alpha value is -0.610. The zero-order chi connectivity index (χ0) is 14.6. The van der Waals surface area contributed by atoms with Crippen molar-refractivity contribution in [3.8, 4) is 0 Å². The van der Waals surface area contributed by atoms with Crippen LogP contribution in [0.3, 0.4) is 0 Å². The molecule has 1 aromatic carbocycles. The van der Waals surface area contributed by atoms with E-state index in [4.69, 9.17) is 4.98 Å². The molecule has 2 nitrogen and oxygen atoms in total. The van der Waals surface area contributed by atoms with Crippen molar-refractivity contribution >= 4 is 42.6 Å². The number of aromatic nitrogens is 1. The van der Waals surface area contributed by atoms with Crippen LogP contribution in [0.1, 0.15) is 52.9 Å². The molecule has 1 aromatic heterocycles. The number of unbranched alkanes of at least 4 members (excludes halogenated alkanes) is 1. The molecule has 0 saturated heterocycles. The van der Waals surface area contributed by atoms with Gasteiger partial charge in [-0.3, -0.25) is 0 Å². The standard InChI is InChI=1S/C16H23BrN2S/c1-4-6-10-16(3,9-5-2)19-15-18-13-8-7-12(17)11-14(13)20-15/h7-8,11H,4-6,9-10H2,1-3H3,(H,18,19). The minimum Gasteiger partial charge on any atom is -0.356 e. The number of hydrogen-bond donors (Lipinski definition) is 1. The lowest BCUT2D eigenvalue weighted by Crippen LogP contribution is -2.34. The second-order valence-corrected chi connectivity index (χ2v) is 7.62. The van der Waals surface area contributed by atoms with E-state index in [9.17, 15) is 0 Å². The largest absolute Gasteiger partial charge is 0.356 e. The molecule has 0 saturated carbocycles. The lowest BCUT2D eigenvalue weighted by Gasteiger charge is -2.30. The van der Waals surface area contributed by atoms with Gasteiger partial charge >= 0.3 is 0 Å². The molecule has 2 aromatic rings. The Balaban J connectivity index is 2.19. The molecule has 0 radical (unpaired) electrons. The van der Waals surface area contributed by atoms with Gasteiger partial charge in [-0.15, -0.1) is 0 Å². The molecule has 0 aliphatic rings. The second kappa shape index (κ2) is 6.90. The Kier molecular flexibility index (Phi) is 5.44. The number of anilines is 1. The van der Waals surface area contributed by atoms with Crippen molar-refractivity contribution in [2.24, 2.45) is 0 Å². The maximum atomic E-state index is 4.72. The summed E-state index contributed by atoms with van der Waals surface area (Å²) in [6, 6.07) is 6.26. The molecule has 2 rings (SSSR count). The molecule has 0 aliphatic heterocycles. The Labute approximate surface area is 134 Å². The van der Waals surface area contributed by atoms with Crippen LogP contribution in [-0.2, 0) is 0 Å². The summed E-state index contributed by atoms with van der Waals surface area (Å²) in [5.41, 5.74) is 1.24. The topological polar surface area (TPSA) is 24.9 Å². The molecular weight excluding hydrogens is 332 g/mol. The molecule has 1 atom stereocenters. The van der Waals surface area contributed by atoms with Gasteiger partial charge in [-0.1, -0.05) is 60.4 Å². The Bertz CT molecular complexity index is 567. The van der Waals surface area contributed by atoms with Gasteiger partial charge in [0.15, 0.2) is 5.13 Å². The van der Waals surface area contributed by atoms with Crippen LogP contribution in [0, 0.1) is 0 Å². The molecule has 20 heavy (non-hydrogen) atoms. The second-order valence-electron chi connectivity index (χ2n) is 5.67. The highest BCUT2D eigenvalue weighted by atomic mass is 79.9. The first kappa shape index (κ1) is 15.8. The van der Waals surface area contributed by atoms with E-state index >= 15 is 0 Å². The highest BCUT2D eigenvalue weighted by Gasteiger charge is 2.23.